The molecule has 3 rings (SSSR count). The first-order valence-corrected chi connectivity index (χ1v) is 7.56. The number of benzene rings is 3. The fourth-order valence-electron chi connectivity index (χ4n) is 2.73. The Morgan fingerprint density at radius 2 is 1.32 bits per heavy atom. The summed E-state index contributed by atoms with van der Waals surface area (Å²) in [5.74, 6) is -2.97. The molecule has 124 valence electrons. The van der Waals surface area contributed by atoms with E-state index in [4.69, 9.17) is 11.6 Å². The van der Waals surface area contributed by atoms with Crippen molar-refractivity contribution < 1.29 is 24.6 Å². The van der Waals surface area contributed by atoms with E-state index in [0.29, 0.717) is 21.9 Å². The Labute approximate surface area is 147 Å². The highest BCUT2D eigenvalue weighted by molar-refractivity contribution is 6.67. The van der Waals surface area contributed by atoms with Crippen LogP contribution in [-0.4, -0.2) is 17.2 Å². The fourth-order valence-corrected chi connectivity index (χ4v) is 2.84. The summed E-state index contributed by atoms with van der Waals surface area (Å²) in [4.78, 5) is 34.0. The maximum absolute atomic E-state index is 11.4. The first kappa shape index (κ1) is 16.7. The summed E-state index contributed by atoms with van der Waals surface area (Å²) in [5.41, 5.74) is 0.244. The number of aromatic carboxylic acids is 2. The van der Waals surface area contributed by atoms with Gasteiger partial charge in [-0.3, -0.25) is 4.79 Å². The molecule has 0 saturated heterocycles. The molecule has 0 radical (unpaired) electrons. The first-order valence-electron chi connectivity index (χ1n) is 7.18. The molecule has 3 aromatic carbocycles. The minimum absolute atomic E-state index is 0.0156. The molecule has 0 bridgehead atoms. The molecule has 0 unspecified atom stereocenters. The summed E-state index contributed by atoms with van der Waals surface area (Å²) in [5, 5.41) is 23.6. The zero-order valence-electron chi connectivity index (χ0n) is 12.6. The van der Waals surface area contributed by atoms with E-state index in [-0.39, 0.29) is 16.7 Å². The van der Waals surface area contributed by atoms with E-state index < -0.39 is 17.2 Å². The van der Waals surface area contributed by atoms with Gasteiger partial charge in [-0.05, 0) is 51.7 Å². The topological polar surface area (TPSA) is 97.3 Å². The third kappa shape index (κ3) is 3.09. The molecule has 25 heavy (non-hydrogen) atoms. The molecule has 0 atom stereocenters. The van der Waals surface area contributed by atoms with Gasteiger partial charge in [0.1, 0.15) is 0 Å². The van der Waals surface area contributed by atoms with Gasteiger partial charge in [-0.2, -0.15) is 0 Å². The van der Waals surface area contributed by atoms with Crippen molar-refractivity contribution in [3.8, 4) is 11.1 Å². The van der Waals surface area contributed by atoms with E-state index in [0.717, 1.165) is 0 Å². The number of carbonyl (C=O) groups is 3. The van der Waals surface area contributed by atoms with Gasteiger partial charge in [-0.25, -0.2) is 0 Å². The lowest BCUT2D eigenvalue weighted by atomic mass is 9.92. The third-order valence-electron chi connectivity index (χ3n) is 3.86. The molecule has 0 aliphatic carbocycles. The molecule has 6 heteroatoms. The van der Waals surface area contributed by atoms with Gasteiger partial charge in [-0.15, -0.1) is 0 Å². The maximum atomic E-state index is 11.4. The van der Waals surface area contributed by atoms with Crippen LogP contribution in [0.2, 0.25) is 0 Å². The van der Waals surface area contributed by atoms with Crippen molar-refractivity contribution in [3.63, 3.8) is 0 Å². The summed E-state index contributed by atoms with van der Waals surface area (Å²) in [6, 6.07) is 13.5. The van der Waals surface area contributed by atoms with Gasteiger partial charge >= 0.3 is 0 Å². The Morgan fingerprint density at radius 1 is 0.760 bits per heavy atom. The van der Waals surface area contributed by atoms with Gasteiger partial charge in [0.15, 0.2) is 0 Å². The first-order chi connectivity index (χ1) is 11.9. The van der Waals surface area contributed by atoms with Crippen LogP contribution >= 0.6 is 11.6 Å². The van der Waals surface area contributed by atoms with E-state index in [1.807, 2.05) is 0 Å². The van der Waals surface area contributed by atoms with Crippen molar-refractivity contribution in [3.05, 3.63) is 71.3 Å². The molecular weight excluding hydrogens is 344 g/mol. The molecule has 0 aliphatic rings. The van der Waals surface area contributed by atoms with E-state index in [9.17, 15) is 24.6 Å². The maximum Gasteiger partial charge on any atom is 0.252 e. The lowest BCUT2D eigenvalue weighted by Crippen LogP contribution is -2.27. The second-order valence-corrected chi connectivity index (χ2v) is 5.70. The van der Waals surface area contributed by atoms with Crippen LogP contribution in [0.15, 0.2) is 54.6 Å². The molecule has 5 nitrogen and oxygen atoms in total. The average Bonchev–Trinajstić information content (AvgIpc) is 2.59. The fraction of sp³-hybridized carbons (Fsp3) is 0. The van der Waals surface area contributed by atoms with E-state index in [1.54, 1.807) is 30.3 Å². The quantitative estimate of drug-likeness (QED) is 0.664. The number of hydrogen-bond acceptors (Lipinski definition) is 5. The van der Waals surface area contributed by atoms with Gasteiger partial charge in [0, 0.05) is 16.7 Å². The number of rotatable bonds is 4. The molecule has 0 saturated carbocycles. The molecule has 3 aromatic rings. The van der Waals surface area contributed by atoms with Crippen molar-refractivity contribution in [2.24, 2.45) is 0 Å². The van der Waals surface area contributed by atoms with Gasteiger partial charge in [0.2, 0.25) is 0 Å². The standard InChI is InChI=1S/C19H11ClO5/c20-17(21)13-7-5-10-8-12(6-4-11(10)9-13)16-14(18(22)23)2-1-3-15(16)19(24)25/h1-9H,(H,22,23)(H,24,25)/p-2. The Bertz CT molecular complexity index is 1010. The Hall–Kier alpha value is -3.18. The second kappa shape index (κ2) is 6.37. The molecule has 0 aliphatic heterocycles. The molecule has 0 N–H and O–H groups in total. The Morgan fingerprint density at radius 3 is 1.88 bits per heavy atom. The van der Waals surface area contributed by atoms with Gasteiger partial charge in [0.25, 0.3) is 5.24 Å². The summed E-state index contributed by atoms with van der Waals surface area (Å²) in [6.07, 6.45) is 0. The molecule has 0 fully saturated rings. The van der Waals surface area contributed by atoms with Crippen molar-refractivity contribution in [2.45, 2.75) is 0 Å². The normalized spacial score (nSPS) is 10.6. The van der Waals surface area contributed by atoms with Crippen LogP contribution in [0, 0.1) is 0 Å². The van der Waals surface area contributed by atoms with Crippen LogP contribution in [-0.2, 0) is 0 Å². The number of fused-ring (bicyclic) bond motifs is 1. The predicted molar refractivity (Wildman–Crippen MR) is 88.2 cm³/mol. The largest absolute Gasteiger partial charge is 0.545 e. The molecule has 0 spiro atoms. The highest BCUT2D eigenvalue weighted by Crippen LogP contribution is 2.30. The lowest BCUT2D eigenvalue weighted by Gasteiger charge is -2.17. The SMILES string of the molecule is O=C(Cl)c1ccc2cc(-c3c(C(=O)[O-])cccc3C(=O)[O-])ccc2c1. The zero-order chi connectivity index (χ0) is 18.1. The van der Waals surface area contributed by atoms with Crippen LogP contribution < -0.4 is 10.2 Å². The number of carboxylic acid groups (broad SMARTS) is 2. The van der Waals surface area contributed by atoms with Crippen LogP contribution in [0.1, 0.15) is 31.1 Å². The van der Waals surface area contributed by atoms with E-state index in [2.05, 4.69) is 0 Å². The second-order valence-electron chi connectivity index (χ2n) is 5.35. The summed E-state index contributed by atoms with van der Waals surface area (Å²) < 4.78 is 0. The number of hydrogen-bond donors (Lipinski definition) is 0. The van der Waals surface area contributed by atoms with Crippen molar-refractivity contribution in [1.29, 1.82) is 0 Å². The number of halogens is 1. The van der Waals surface area contributed by atoms with E-state index >= 15 is 0 Å². The minimum atomic E-state index is -1.48. The van der Waals surface area contributed by atoms with Crippen LogP contribution in [0.25, 0.3) is 21.9 Å². The number of carbonyl (C=O) groups excluding carboxylic acids is 3. The predicted octanol–water partition coefficient (Wildman–Crippen LogP) is 1.61. The van der Waals surface area contributed by atoms with Gasteiger partial charge in [0.05, 0.1) is 11.9 Å². The molecule has 0 heterocycles. The monoisotopic (exact) mass is 352 g/mol. The average molecular weight is 353 g/mol. The van der Waals surface area contributed by atoms with E-state index in [1.165, 1.54) is 24.3 Å². The Kier molecular flexibility index (Phi) is 4.25. The van der Waals surface area contributed by atoms with Crippen LogP contribution in [0.4, 0.5) is 0 Å². The molecule has 0 amide bonds. The summed E-state index contributed by atoms with van der Waals surface area (Å²) >= 11 is 5.46. The zero-order valence-corrected chi connectivity index (χ0v) is 13.4. The lowest BCUT2D eigenvalue weighted by molar-refractivity contribution is -0.255. The molecular formula is C19H9ClO5-2. The number of carboxylic acids is 2. The smallest absolute Gasteiger partial charge is 0.252 e. The minimum Gasteiger partial charge on any atom is -0.545 e. The summed E-state index contributed by atoms with van der Waals surface area (Å²) in [6.45, 7) is 0. The summed E-state index contributed by atoms with van der Waals surface area (Å²) in [7, 11) is 0. The van der Waals surface area contributed by atoms with Crippen molar-refractivity contribution in [2.75, 3.05) is 0 Å². The van der Waals surface area contributed by atoms with Crippen LogP contribution in [0.5, 0.6) is 0 Å². The van der Waals surface area contributed by atoms with Crippen LogP contribution in [0.3, 0.4) is 0 Å². The van der Waals surface area contributed by atoms with Gasteiger partial charge < -0.3 is 19.8 Å². The highest BCUT2D eigenvalue weighted by atomic mass is 35.5. The third-order valence-corrected chi connectivity index (χ3v) is 4.08. The Balaban J connectivity index is 2.26. The van der Waals surface area contributed by atoms with Crippen molar-refractivity contribution in [1.82, 2.24) is 0 Å². The molecule has 0 aromatic heterocycles. The van der Waals surface area contributed by atoms with Crippen molar-refractivity contribution >= 4 is 39.6 Å². The highest BCUT2D eigenvalue weighted by Gasteiger charge is 2.13. The van der Waals surface area contributed by atoms with Gasteiger partial charge in [-0.1, -0.05) is 36.4 Å².